The molecule has 0 radical (unpaired) electrons. The molecule has 6 heteroatoms. The highest BCUT2D eigenvalue weighted by Gasteiger charge is 2.30. The van der Waals surface area contributed by atoms with Crippen molar-refractivity contribution >= 4 is 0 Å². The Morgan fingerprint density at radius 3 is 1.64 bits per heavy atom. The van der Waals surface area contributed by atoms with E-state index < -0.39 is 11.3 Å². The summed E-state index contributed by atoms with van der Waals surface area (Å²) in [5.41, 5.74) is 7.47. The first-order valence-corrected chi connectivity index (χ1v) is 18.4. The maximum Gasteiger partial charge on any atom is 0.119 e. The molecule has 0 aliphatic heterocycles. The zero-order chi connectivity index (χ0) is 34.6. The highest BCUT2D eigenvalue weighted by molar-refractivity contribution is 5.64. The summed E-state index contributed by atoms with van der Waals surface area (Å²) in [6.45, 7) is 18.7. The fourth-order valence-corrected chi connectivity index (χ4v) is 5.48. The molecule has 0 aliphatic carbocycles. The van der Waals surface area contributed by atoms with E-state index in [1.54, 1.807) is 0 Å². The molecule has 3 N–H and O–H groups in total. The van der Waals surface area contributed by atoms with Gasteiger partial charge >= 0.3 is 0 Å². The quantitative estimate of drug-likeness (QED) is 0.0567. The molecule has 0 fully saturated rings. The third-order valence-electron chi connectivity index (χ3n) is 9.97. The monoisotopic (exact) mass is 654 g/mol. The van der Waals surface area contributed by atoms with Gasteiger partial charge < -0.3 is 29.8 Å². The summed E-state index contributed by atoms with van der Waals surface area (Å²) < 4.78 is 24.1. The Kier molecular flexibility index (Phi) is 18.7. The SMILES string of the molecule is C=CCOC(C)(CC)CCCCCCOc1ccc(-c2ccc(OCCCCCCC(N)(CC)OCC(C)C(C)(O)CC)cc2)cc1. The second-order valence-electron chi connectivity index (χ2n) is 13.8. The Balaban J connectivity index is 1.60. The van der Waals surface area contributed by atoms with E-state index >= 15 is 0 Å². The highest BCUT2D eigenvalue weighted by atomic mass is 16.5. The molecule has 0 saturated carbocycles. The molecule has 4 atom stereocenters. The second kappa shape index (κ2) is 21.6. The van der Waals surface area contributed by atoms with Crippen LogP contribution in [0.3, 0.4) is 0 Å². The molecule has 2 aromatic rings. The van der Waals surface area contributed by atoms with E-state index in [1.807, 2.05) is 39.0 Å². The van der Waals surface area contributed by atoms with Crippen molar-refractivity contribution in [2.24, 2.45) is 11.7 Å². The van der Waals surface area contributed by atoms with Crippen LogP contribution in [0.4, 0.5) is 0 Å². The Bertz CT molecular complexity index is 1100. The molecule has 0 saturated heterocycles. The second-order valence-corrected chi connectivity index (χ2v) is 13.8. The van der Waals surface area contributed by atoms with Crippen molar-refractivity contribution in [3.63, 3.8) is 0 Å². The van der Waals surface area contributed by atoms with Gasteiger partial charge in [-0.15, -0.1) is 6.58 Å². The molecule has 2 aromatic carbocycles. The van der Waals surface area contributed by atoms with E-state index in [-0.39, 0.29) is 11.5 Å². The first kappa shape index (κ1) is 40.8. The number of hydrogen-bond donors (Lipinski definition) is 2. The molecule has 0 aliphatic rings. The van der Waals surface area contributed by atoms with Crippen LogP contribution in [0, 0.1) is 5.92 Å². The van der Waals surface area contributed by atoms with Crippen LogP contribution in [0.1, 0.15) is 125 Å². The van der Waals surface area contributed by atoms with Crippen LogP contribution < -0.4 is 15.2 Å². The molecule has 2 rings (SSSR count). The zero-order valence-corrected chi connectivity index (χ0v) is 30.7. The molecule has 0 amide bonds. The summed E-state index contributed by atoms with van der Waals surface area (Å²) in [4.78, 5) is 0. The molecular formula is C41H67NO5. The zero-order valence-electron chi connectivity index (χ0n) is 30.7. The summed E-state index contributed by atoms with van der Waals surface area (Å²) in [6.07, 6.45) is 15.1. The summed E-state index contributed by atoms with van der Waals surface area (Å²) in [5, 5.41) is 10.5. The Hall–Kier alpha value is -2.38. The van der Waals surface area contributed by atoms with E-state index in [4.69, 9.17) is 24.7 Å². The van der Waals surface area contributed by atoms with Gasteiger partial charge in [0.05, 0.1) is 37.6 Å². The topological polar surface area (TPSA) is 83.2 Å². The van der Waals surface area contributed by atoms with Crippen molar-refractivity contribution in [2.45, 2.75) is 142 Å². The lowest BCUT2D eigenvalue weighted by molar-refractivity contribution is -0.102. The third-order valence-corrected chi connectivity index (χ3v) is 9.97. The van der Waals surface area contributed by atoms with Gasteiger partial charge in [0.25, 0.3) is 0 Å². The minimum atomic E-state index is -0.726. The van der Waals surface area contributed by atoms with Crippen LogP contribution >= 0.6 is 0 Å². The van der Waals surface area contributed by atoms with Crippen LogP contribution in [0.25, 0.3) is 11.1 Å². The van der Waals surface area contributed by atoms with Crippen molar-refractivity contribution in [1.29, 1.82) is 0 Å². The van der Waals surface area contributed by atoms with Gasteiger partial charge in [-0.2, -0.15) is 0 Å². The lowest BCUT2D eigenvalue weighted by atomic mass is 9.89. The number of unbranched alkanes of at least 4 members (excludes halogenated alkanes) is 6. The number of rotatable bonds is 27. The van der Waals surface area contributed by atoms with E-state index in [1.165, 1.54) is 24.8 Å². The standard InChI is InChI=1S/C41H67NO5/c1-8-30-46-39(6,9-2)28-16-12-14-18-31-44-37-24-20-35(21-25-37)36-22-26-38(27-23-36)45-32-19-15-13-17-29-41(42,11-4)47-33-34(5)40(7,43)10-3/h8,20-27,34,43H,1,9-19,28-33,42H2,2-7H3. The summed E-state index contributed by atoms with van der Waals surface area (Å²) in [6, 6.07) is 16.7. The Morgan fingerprint density at radius 1 is 0.702 bits per heavy atom. The summed E-state index contributed by atoms with van der Waals surface area (Å²) in [5.74, 6) is 1.86. The van der Waals surface area contributed by atoms with Gasteiger partial charge in [-0.3, -0.25) is 0 Å². The highest BCUT2D eigenvalue weighted by Crippen LogP contribution is 2.27. The maximum absolute atomic E-state index is 10.5. The number of hydrogen-bond acceptors (Lipinski definition) is 6. The van der Waals surface area contributed by atoms with Gasteiger partial charge in [0.15, 0.2) is 0 Å². The molecule has 47 heavy (non-hydrogen) atoms. The molecule has 0 aromatic heterocycles. The lowest BCUT2D eigenvalue weighted by Gasteiger charge is -2.34. The largest absolute Gasteiger partial charge is 0.494 e. The minimum Gasteiger partial charge on any atom is -0.494 e. The van der Waals surface area contributed by atoms with Crippen molar-refractivity contribution < 1.29 is 24.1 Å². The molecule has 0 heterocycles. The smallest absolute Gasteiger partial charge is 0.119 e. The Morgan fingerprint density at radius 2 is 1.19 bits per heavy atom. The molecule has 4 unspecified atom stereocenters. The summed E-state index contributed by atoms with van der Waals surface area (Å²) in [7, 11) is 0. The molecule has 266 valence electrons. The fraction of sp³-hybridized carbons (Fsp3) is 0.659. The van der Waals surface area contributed by atoms with Gasteiger partial charge in [0.1, 0.15) is 17.2 Å². The van der Waals surface area contributed by atoms with Crippen LogP contribution in [0.2, 0.25) is 0 Å². The third kappa shape index (κ3) is 15.6. The minimum absolute atomic E-state index is 0.0375. The average molecular weight is 654 g/mol. The van der Waals surface area contributed by atoms with Gasteiger partial charge in [-0.1, -0.05) is 90.1 Å². The normalized spacial score (nSPS) is 16.1. The van der Waals surface area contributed by atoms with E-state index in [0.717, 1.165) is 81.5 Å². The average Bonchev–Trinajstić information content (AvgIpc) is 3.09. The number of aliphatic hydroxyl groups is 1. The van der Waals surface area contributed by atoms with Crippen molar-refractivity contribution in [2.75, 3.05) is 26.4 Å². The van der Waals surface area contributed by atoms with Crippen LogP contribution in [-0.2, 0) is 9.47 Å². The van der Waals surface area contributed by atoms with Crippen LogP contribution in [-0.4, -0.2) is 48.5 Å². The van der Waals surface area contributed by atoms with E-state index in [9.17, 15) is 5.11 Å². The Labute approximate surface area is 287 Å². The van der Waals surface area contributed by atoms with E-state index in [2.05, 4.69) is 63.7 Å². The number of benzene rings is 2. The predicted molar refractivity (Wildman–Crippen MR) is 197 cm³/mol. The van der Waals surface area contributed by atoms with Gasteiger partial charge in [-0.25, -0.2) is 0 Å². The van der Waals surface area contributed by atoms with Crippen LogP contribution in [0.15, 0.2) is 61.2 Å². The van der Waals surface area contributed by atoms with Crippen molar-refractivity contribution in [3.8, 4) is 22.6 Å². The van der Waals surface area contributed by atoms with Gasteiger partial charge in [0.2, 0.25) is 0 Å². The first-order valence-electron chi connectivity index (χ1n) is 18.4. The maximum atomic E-state index is 10.5. The molecule has 0 spiro atoms. The first-order chi connectivity index (χ1) is 22.5. The number of nitrogens with two attached hydrogens (primary N) is 1. The lowest BCUT2D eigenvalue weighted by Crippen LogP contribution is -2.45. The molecule has 0 bridgehead atoms. The van der Waals surface area contributed by atoms with Gasteiger partial charge in [0, 0.05) is 5.92 Å². The molecular weight excluding hydrogens is 586 g/mol. The van der Waals surface area contributed by atoms with E-state index in [0.29, 0.717) is 26.2 Å². The predicted octanol–water partition coefficient (Wildman–Crippen LogP) is 10.3. The summed E-state index contributed by atoms with van der Waals surface area (Å²) >= 11 is 0. The van der Waals surface area contributed by atoms with Crippen LogP contribution in [0.5, 0.6) is 11.5 Å². The van der Waals surface area contributed by atoms with Gasteiger partial charge in [-0.05, 0) is 101 Å². The fourth-order valence-electron chi connectivity index (χ4n) is 5.48. The number of ether oxygens (including phenoxy) is 4. The van der Waals surface area contributed by atoms with Crippen molar-refractivity contribution in [3.05, 3.63) is 61.2 Å². The van der Waals surface area contributed by atoms with Crippen molar-refractivity contribution in [1.82, 2.24) is 0 Å². The molecule has 6 nitrogen and oxygen atoms in total.